The van der Waals surface area contributed by atoms with Crippen molar-refractivity contribution in [1.82, 2.24) is 0 Å². The molecule has 20 valence electrons. The second-order valence-corrected chi connectivity index (χ2v) is 0. The van der Waals surface area contributed by atoms with E-state index in [1.807, 2.05) is 0 Å². The van der Waals surface area contributed by atoms with Gasteiger partial charge in [-0.05, 0) is 0 Å². The fourth-order valence-electron chi connectivity index (χ4n) is 0. The van der Waals surface area contributed by atoms with E-state index in [4.69, 9.17) is 0 Å². The molecule has 4 heteroatoms. The van der Waals surface area contributed by atoms with Crippen molar-refractivity contribution in [1.29, 1.82) is 0 Å². The molecule has 4 heavy (non-hydrogen) atoms. The van der Waals surface area contributed by atoms with Gasteiger partial charge in [0.25, 0.3) is 0 Å². The Balaban J connectivity index is 0. The second kappa shape index (κ2) is 24.2. The Morgan fingerprint density at radius 2 is 0.750 bits per heavy atom. The summed E-state index contributed by atoms with van der Waals surface area (Å²) < 4.78 is 0. The fourth-order valence-corrected chi connectivity index (χ4v) is 0. The van der Waals surface area contributed by atoms with Crippen molar-refractivity contribution in [3.63, 3.8) is 0 Å². The molecule has 0 rings (SSSR count). The number of hydrogen-bond donors (Lipinski definition) is 0. The standard InChI is InChI=1S/2GeS/c2*1-2. The first-order valence-electron chi connectivity index (χ1n) is 0.408. The van der Waals surface area contributed by atoms with Gasteiger partial charge in [0.2, 0.25) is 0 Å². The Labute approximate surface area is 50.4 Å². The van der Waals surface area contributed by atoms with Crippen molar-refractivity contribution in [3.8, 4) is 0 Å². The maximum absolute atomic E-state index is 4.08. The molecule has 4 radical (unpaired) electrons. The summed E-state index contributed by atoms with van der Waals surface area (Å²) in [6.07, 6.45) is 0. The molecule has 0 aromatic heterocycles. The van der Waals surface area contributed by atoms with Crippen molar-refractivity contribution >= 4 is 50.6 Å². The Morgan fingerprint density at radius 3 is 0.750 bits per heavy atom. The van der Waals surface area contributed by atoms with Crippen LogP contribution >= 0.6 is 20.9 Å². The zero-order valence-electron chi connectivity index (χ0n) is 1.82. The van der Waals surface area contributed by atoms with Gasteiger partial charge in [0.1, 0.15) is 0 Å². The average Bonchev–Trinajstić information content (AvgIpc) is 1.50. The first kappa shape index (κ1) is 9.10. The normalized spacial score (nSPS) is 2.00. The quantitative estimate of drug-likeness (QED) is 0.534. The number of rotatable bonds is 0. The summed E-state index contributed by atoms with van der Waals surface area (Å²) in [5.74, 6) is 0. The topological polar surface area (TPSA) is 0 Å². The predicted molar refractivity (Wildman–Crippen MR) is 26.7 cm³/mol. The maximum atomic E-state index is 4.08. The van der Waals surface area contributed by atoms with Crippen LogP contribution in [-0.4, -0.2) is 29.7 Å². The molecule has 0 aliphatic carbocycles. The summed E-state index contributed by atoms with van der Waals surface area (Å²) in [6.45, 7) is 0. The Morgan fingerprint density at radius 1 is 0.750 bits per heavy atom. The monoisotopic (exact) mass is 212 g/mol. The average molecular weight is 209 g/mol. The molecule has 0 amide bonds. The van der Waals surface area contributed by atoms with E-state index in [-0.39, 0.29) is 0 Å². The van der Waals surface area contributed by atoms with Gasteiger partial charge in [-0.1, -0.05) is 0 Å². The zero-order valence-corrected chi connectivity index (χ0v) is 7.65. The van der Waals surface area contributed by atoms with Gasteiger partial charge in [-0.25, -0.2) is 0 Å². The fraction of sp³-hybridized carbons (Fsp3) is 0. The van der Waals surface area contributed by atoms with Crippen LogP contribution < -0.4 is 0 Å². The Kier molecular flexibility index (Phi) is 55.0. The molecule has 0 aliphatic rings. The van der Waals surface area contributed by atoms with Gasteiger partial charge in [-0.2, -0.15) is 0 Å². The molecule has 0 spiro atoms. The molecule has 0 N–H and O–H groups in total. The van der Waals surface area contributed by atoms with Crippen molar-refractivity contribution in [3.05, 3.63) is 0 Å². The Hall–Kier alpha value is 1.53. The zero-order chi connectivity index (χ0) is 4.00. The third-order valence-corrected chi connectivity index (χ3v) is 0. The van der Waals surface area contributed by atoms with Crippen LogP contribution in [0, 0.1) is 0 Å². The molecule has 0 aliphatic heterocycles. The Bertz CT molecular complexity index is 6.00. The van der Waals surface area contributed by atoms with Crippen LogP contribution in [0.4, 0.5) is 0 Å². The molecule has 0 heterocycles. The van der Waals surface area contributed by atoms with Crippen LogP contribution in [0.15, 0.2) is 0 Å². The van der Waals surface area contributed by atoms with Gasteiger partial charge >= 0.3 is 50.6 Å². The summed E-state index contributed by atoms with van der Waals surface area (Å²) in [6, 6.07) is 0. The van der Waals surface area contributed by atoms with Crippen LogP contribution in [0.25, 0.3) is 0 Å². The molecule has 0 saturated carbocycles. The van der Waals surface area contributed by atoms with Gasteiger partial charge in [-0.3, -0.25) is 0 Å². The molecular formula is Ge2S2. The molecule has 0 atom stereocenters. The van der Waals surface area contributed by atoms with Crippen LogP contribution in [0.1, 0.15) is 0 Å². The third-order valence-electron chi connectivity index (χ3n) is 0. The first-order valence-corrected chi connectivity index (χ1v) is 6.36. The van der Waals surface area contributed by atoms with Crippen molar-refractivity contribution in [2.45, 2.75) is 0 Å². The van der Waals surface area contributed by atoms with Gasteiger partial charge < -0.3 is 0 Å². The molecule has 0 fully saturated rings. The van der Waals surface area contributed by atoms with Crippen LogP contribution in [0.2, 0.25) is 0 Å². The van der Waals surface area contributed by atoms with Crippen LogP contribution in [0.5, 0.6) is 0 Å². The van der Waals surface area contributed by atoms with Gasteiger partial charge in [0, 0.05) is 0 Å². The van der Waals surface area contributed by atoms with E-state index < -0.39 is 0 Å². The van der Waals surface area contributed by atoms with Crippen LogP contribution in [-0.2, 0) is 0 Å². The third kappa shape index (κ3) is 9.66. The summed E-state index contributed by atoms with van der Waals surface area (Å²) >= 11 is 3.17. The van der Waals surface area contributed by atoms with E-state index in [0.29, 0.717) is 0 Å². The second-order valence-electron chi connectivity index (χ2n) is 0. The van der Waals surface area contributed by atoms with E-state index in [9.17, 15) is 0 Å². The van der Waals surface area contributed by atoms with Crippen molar-refractivity contribution in [2.24, 2.45) is 0 Å². The van der Waals surface area contributed by atoms with Crippen LogP contribution in [0.3, 0.4) is 0 Å². The summed E-state index contributed by atoms with van der Waals surface area (Å²) in [5.41, 5.74) is 0. The minimum atomic E-state index is 1.58. The molecule has 0 bridgehead atoms. The summed E-state index contributed by atoms with van der Waals surface area (Å²) in [5, 5.41) is 0. The van der Waals surface area contributed by atoms with Crippen molar-refractivity contribution < 1.29 is 0 Å². The molecule has 0 aromatic carbocycles. The van der Waals surface area contributed by atoms with E-state index in [1.165, 1.54) is 0 Å². The molecule has 0 saturated heterocycles. The number of hydrogen-bond acceptors (Lipinski definition) is 2. The SMILES string of the molecule is [S]=[Ge].[S]=[Ge]. The van der Waals surface area contributed by atoms with Gasteiger partial charge in [0.15, 0.2) is 0 Å². The molecular weight excluding hydrogens is 209 g/mol. The molecule has 0 nitrogen and oxygen atoms in total. The van der Waals surface area contributed by atoms with E-state index in [1.54, 1.807) is 29.7 Å². The van der Waals surface area contributed by atoms with Gasteiger partial charge in [0.05, 0.1) is 0 Å². The summed E-state index contributed by atoms with van der Waals surface area (Å²) in [4.78, 5) is 0. The minimum absolute atomic E-state index is 1.58. The molecule has 0 aromatic rings. The summed E-state index contributed by atoms with van der Waals surface area (Å²) in [7, 11) is 8.17. The molecule has 0 unspecified atom stereocenters. The van der Waals surface area contributed by atoms with E-state index in [2.05, 4.69) is 20.9 Å². The van der Waals surface area contributed by atoms with Gasteiger partial charge in [-0.15, -0.1) is 0 Å². The van der Waals surface area contributed by atoms with E-state index in [0.717, 1.165) is 0 Å². The van der Waals surface area contributed by atoms with E-state index >= 15 is 0 Å². The first-order chi connectivity index (χ1) is 2.00. The predicted octanol–water partition coefficient (Wildman–Crippen LogP) is 0.535. The van der Waals surface area contributed by atoms with Crippen molar-refractivity contribution in [2.75, 3.05) is 0 Å².